The van der Waals surface area contributed by atoms with E-state index in [4.69, 9.17) is 9.47 Å². The van der Waals surface area contributed by atoms with E-state index in [1.54, 1.807) is 42.3 Å². The molecule has 0 saturated heterocycles. The molecule has 0 heterocycles. The monoisotopic (exact) mass is 317 g/mol. The van der Waals surface area contributed by atoms with Crippen molar-refractivity contribution >= 4 is 5.91 Å². The van der Waals surface area contributed by atoms with Crippen LogP contribution in [0.2, 0.25) is 0 Å². The third-order valence-electron chi connectivity index (χ3n) is 3.89. The molecule has 122 valence electrons. The number of methoxy groups -OCH3 is 2. The number of ether oxygens (including phenoxy) is 2. The van der Waals surface area contributed by atoms with Crippen LogP contribution in [0.3, 0.4) is 0 Å². The molecule has 1 amide bonds. The minimum absolute atomic E-state index is 0.197. The van der Waals surface area contributed by atoms with Crippen LogP contribution in [0, 0.1) is 5.82 Å². The van der Waals surface area contributed by atoms with Gasteiger partial charge in [0.05, 0.1) is 25.8 Å². The summed E-state index contributed by atoms with van der Waals surface area (Å²) in [4.78, 5) is 14.4. The van der Waals surface area contributed by atoms with Gasteiger partial charge in [-0.2, -0.15) is 0 Å². The van der Waals surface area contributed by atoms with Gasteiger partial charge in [-0.25, -0.2) is 4.39 Å². The van der Waals surface area contributed by atoms with E-state index in [0.29, 0.717) is 17.1 Å². The van der Waals surface area contributed by atoms with Crippen molar-refractivity contribution in [3.8, 4) is 11.5 Å². The maximum Gasteiger partial charge on any atom is 0.258 e. The second-order valence-electron chi connectivity index (χ2n) is 5.18. The Morgan fingerprint density at radius 1 is 1.09 bits per heavy atom. The van der Waals surface area contributed by atoms with Crippen LogP contribution >= 0.6 is 0 Å². The number of benzene rings is 2. The van der Waals surface area contributed by atoms with Crippen molar-refractivity contribution < 1.29 is 18.7 Å². The van der Waals surface area contributed by atoms with Gasteiger partial charge in [-0.3, -0.25) is 4.79 Å². The highest BCUT2D eigenvalue weighted by Crippen LogP contribution is 2.32. The lowest BCUT2D eigenvalue weighted by Gasteiger charge is -2.26. The average Bonchev–Trinajstić information content (AvgIpc) is 2.59. The van der Waals surface area contributed by atoms with E-state index in [0.717, 1.165) is 5.56 Å². The van der Waals surface area contributed by atoms with E-state index in [-0.39, 0.29) is 17.8 Å². The van der Waals surface area contributed by atoms with Gasteiger partial charge in [-0.05, 0) is 36.8 Å². The number of carbonyl (C=O) groups is 1. The van der Waals surface area contributed by atoms with E-state index in [9.17, 15) is 9.18 Å². The van der Waals surface area contributed by atoms with Crippen LogP contribution in [0.1, 0.15) is 28.9 Å². The standard InChI is InChI=1S/C18H20FNO3/c1-12(13-8-10-14(19)11-9-13)20(2)18(21)15-6-5-7-16(22-3)17(15)23-4/h5-12H,1-4H3. The fourth-order valence-corrected chi connectivity index (χ4v) is 2.39. The Morgan fingerprint density at radius 3 is 2.30 bits per heavy atom. The number of amides is 1. The lowest BCUT2D eigenvalue weighted by atomic mass is 10.1. The first-order valence-electron chi connectivity index (χ1n) is 7.23. The van der Waals surface area contributed by atoms with Crippen molar-refractivity contribution in [2.75, 3.05) is 21.3 Å². The third-order valence-corrected chi connectivity index (χ3v) is 3.89. The van der Waals surface area contributed by atoms with Gasteiger partial charge in [0.25, 0.3) is 5.91 Å². The number of para-hydroxylation sites is 1. The first-order valence-corrected chi connectivity index (χ1v) is 7.23. The molecule has 0 aliphatic heterocycles. The predicted octanol–water partition coefficient (Wildman–Crippen LogP) is 3.68. The van der Waals surface area contributed by atoms with Gasteiger partial charge in [0, 0.05) is 7.05 Å². The molecule has 2 rings (SSSR count). The topological polar surface area (TPSA) is 38.8 Å². The fourth-order valence-electron chi connectivity index (χ4n) is 2.39. The number of hydrogen-bond acceptors (Lipinski definition) is 3. The highest BCUT2D eigenvalue weighted by atomic mass is 19.1. The minimum atomic E-state index is -0.301. The molecule has 0 saturated carbocycles. The summed E-state index contributed by atoms with van der Waals surface area (Å²) in [6.07, 6.45) is 0. The van der Waals surface area contributed by atoms with Gasteiger partial charge in [0.1, 0.15) is 5.82 Å². The lowest BCUT2D eigenvalue weighted by molar-refractivity contribution is 0.0738. The van der Waals surface area contributed by atoms with Gasteiger partial charge < -0.3 is 14.4 Å². The molecule has 0 aliphatic carbocycles. The SMILES string of the molecule is COc1cccc(C(=O)N(C)C(C)c2ccc(F)cc2)c1OC. The fraction of sp³-hybridized carbons (Fsp3) is 0.278. The Hall–Kier alpha value is -2.56. The zero-order valence-corrected chi connectivity index (χ0v) is 13.7. The summed E-state index contributed by atoms with van der Waals surface area (Å²) < 4.78 is 23.6. The van der Waals surface area contributed by atoms with Gasteiger partial charge in [-0.15, -0.1) is 0 Å². The first kappa shape index (κ1) is 16.8. The number of carbonyl (C=O) groups excluding carboxylic acids is 1. The highest BCUT2D eigenvalue weighted by molar-refractivity contribution is 5.97. The summed E-state index contributed by atoms with van der Waals surface area (Å²) in [5, 5.41) is 0. The second-order valence-corrected chi connectivity index (χ2v) is 5.18. The molecule has 0 aromatic heterocycles. The number of nitrogens with zero attached hydrogens (tertiary/aromatic N) is 1. The van der Waals surface area contributed by atoms with Gasteiger partial charge in [0.2, 0.25) is 0 Å². The molecule has 4 nitrogen and oxygen atoms in total. The number of hydrogen-bond donors (Lipinski definition) is 0. The molecular weight excluding hydrogens is 297 g/mol. The van der Waals surface area contributed by atoms with Crippen molar-refractivity contribution in [1.82, 2.24) is 4.90 Å². The average molecular weight is 317 g/mol. The van der Waals surface area contributed by atoms with Gasteiger partial charge >= 0.3 is 0 Å². The van der Waals surface area contributed by atoms with Crippen molar-refractivity contribution in [3.05, 3.63) is 59.4 Å². The molecule has 0 aliphatic rings. The zero-order chi connectivity index (χ0) is 17.0. The van der Waals surface area contributed by atoms with Crippen LogP contribution < -0.4 is 9.47 Å². The molecule has 0 radical (unpaired) electrons. The molecule has 0 fully saturated rings. The van der Waals surface area contributed by atoms with Gasteiger partial charge in [-0.1, -0.05) is 18.2 Å². The summed E-state index contributed by atoms with van der Waals surface area (Å²) in [6.45, 7) is 1.89. The number of halogens is 1. The molecule has 5 heteroatoms. The van der Waals surface area contributed by atoms with Gasteiger partial charge in [0.15, 0.2) is 11.5 Å². The molecule has 0 bridgehead atoms. The normalized spacial score (nSPS) is 11.7. The maximum atomic E-state index is 13.0. The van der Waals surface area contributed by atoms with Crippen LogP contribution in [-0.2, 0) is 0 Å². The lowest BCUT2D eigenvalue weighted by Crippen LogP contribution is -2.30. The molecule has 2 aromatic rings. The van der Waals surface area contributed by atoms with E-state index < -0.39 is 0 Å². The van der Waals surface area contributed by atoms with Crippen LogP contribution in [0.15, 0.2) is 42.5 Å². The first-order chi connectivity index (χ1) is 11.0. The molecule has 0 spiro atoms. The second kappa shape index (κ2) is 7.13. The largest absolute Gasteiger partial charge is 0.493 e. The van der Waals surface area contributed by atoms with Crippen molar-refractivity contribution in [2.24, 2.45) is 0 Å². The summed E-state index contributed by atoms with van der Waals surface area (Å²) in [5.74, 6) is 0.404. The van der Waals surface area contributed by atoms with Crippen LogP contribution in [0.5, 0.6) is 11.5 Å². The van der Waals surface area contributed by atoms with Crippen molar-refractivity contribution in [3.63, 3.8) is 0 Å². The van der Waals surface area contributed by atoms with Crippen LogP contribution in [-0.4, -0.2) is 32.1 Å². The van der Waals surface area contributed by atoms with Crippen LogP contribution in [0.4, 0.5) is 4.39 Å². The highest BCUT2D eigenvalue weighted by Gasteiger charge is 2.23. The van der Waals surface area contributed by atoms with E-state index in [2.05, 4.69) is 0 Å². The zero-order valence-electron chi connectivity index (χ0n) is 13.7. The molecule has 1 unspecified atom stereocenters. The van der Waals surface area contributed by atoms with E-state index in [1.807, 2.05) is 6.92 Å². The molecular formula is C18H20FNO3. The van der Waals surface area contributed by atoms with Crippen molar-refractivity contribution in [2.45, 2.75) is 13.0 Å². The van der Waals surface area contributed by atoms with E-state index in [1.165, 1.54) is 26.4 Å². The van der Waals surface area contributed by atoms with E-state index >= 15 is 0 Å². The Labute approximate surface area is 135 Å². The summed E-state index contributed by atoms with van der Waals surface area (Å²) in [6, 6.07) is 11.1. The Balaban J connectivity index is 2.31. The summed E-state index contributed by atoms with van der Waals surface area (Å²) in [5.41, 5.74) is 1.27. The summed E-state index contributed by atoms with van der Waals surface area (Å²) in [7, 11) is 4.73. The smallest absolute Gasteiger partial charge is 0.258 e. The molecule has 1 atom stereocenters. The quantitative estimate of drug-likeness (QED) is 0.844. The molecule has 2 aromatic carbocycles. The Kier molecular flexibility index (Phi) is 5.21. The maximum absolute atomic E-state index is 13.0. The predicted molar refractivity (Wildman–Crippen MR) is 86.5 cm³/mol. The Morgan fingerprint density at radius 2 is 1.74 bits per heavy atom. The van der Waals surface area contributed by atoms with Crippen LogP contribution in [0.25, 0.3) is 0 Å². The number of rotatable bonds is 5. The minimum Gasteiger partial charge on any atom is -0.493 e. The third kappa shape index (κ3) is 3.44. The Bertz CT molecular complexity index is 685. The van der Waals surface area contributed by atoms with Crippen molar-refractivity contribution in [1.29, 1.82) is 0 Å². The molecule has 0 N–H and O–H groups in total. The summed E-state index contributed by atoms with van der Waals surface area (Å²) >= 11 is 0. The molecule has 23 heavy (non-hydrogen) atoms.